The van der Waals surface area contributed by atoms with Crippen LogP contribution in [0.2, 0.25) is 0 Å². The molecule has 1 aromatic heterocycles. The number of amides is 1. The van der Waals surface area contributed by atoms with Crippen molar-refractivity contribution < 1.29 is 9.18 Å². The second kappa shape index (κ2) is 7.11. The summed E-state index contributed by atoms with van der Waals surface area (Å²) in [6, 6.07) is 6.21. The molecule has 1 atom stereocenters. The minimum Gasteiger partial charge on any atom is -0.355 e. The quantitative estimate of drug-likeness (QED) is 0.916. The van der Waals surface area contributed by atoms with Crippen molar-refractivity contribution in [2.75, 3.05) is 6.54 Å². The summed E-state index contributed by atoms with van der Waals surface area (Å²) in [7, 11) is 0. The van der Waals surface area contributed by atoms with Gasteiger partial charge in [0.2, 0.25) is 5.91 Å². The largest absolute Gasteiger partial charge is 0.355 e. The summed E-state index contributed by atoms with van der Waals surface area (Å²) in [5.41, 5.74) is 0.816. The number of nitrogens with one attached hydrogen (secondary N) is 1. The van der Waals surface area contributed by atoms with Crippen LogP contribution in [-0.2, 0) is 11.3 Å². The molecule has 0 spiro atoms. The number of carbonyl (C=O) groups is 1. The van der Waals surface area contributed by atoms with Gasteiger partial charge in [-0.15, -0.1) is 10.2 Å². The molecule has 1 unspecified atom stereocenters. The summed E-state index contributed by atoms with van der Waals surface area (Å²) in [4.78, 5) is 12.5. The van der Waals surface area contributed by atoms with E-state index in [2.05, 4.69) is 29.4 Å². The number of halogens is 1. The highest BCUT2D eigenvalue weighted by Crippen LogP contribution is 2.30. The number of aromatic nitrogens is 3. The molecule has 0 radical (unpaired) electrons. The molecule has 128 valence electrons. The Morgan fingerprint density at radius 1 is 1.33 bits per heavy atom. The summed E-state index contributed by atoms with van der Waals surface area (Å²) in [5, 5.41) is 11.5. The zero-order chi connectivity index (χ0) is 17.1. The van der Waals surface area contributed by atoms with E-state index in [4.69, 9.17) is 0 Å². The molecule has 6 heteroatoms. The van der Waals surface area contributed by atoms with Crippen LogP contribution in [0.4, 0.5) is 4.39 Å². The number of fused-ring (bicyclic) bond motifs is 1. The van der Waals surface area contributed by atoms with Crippen molar-refractivity contribution in [3.8, 4) is 11.4 Å². The van der Waals surface area contributed by atoms with Crippen LogP contribution in [0.5, 0.6) is 0 Å². The van der Waals surface area contributed by atoms with E-state index < -0.39 is 0 Å². The van der Waals surface area contributed by atoms with Gasteiger partial charge in [0.05, 0.1) is 5.92 Å². The predicted octanol–water partition coefficient (Wildman–Crippen LogP) is 3.12. The maximum atomic E-state index is 13.1. The van der Waals surface area contributed by atoms with Gasteiger partial charge < -0.3 is 9.88 Å². The first kappa shape index (κ1) is 16.6. The fraction of sp³-hybridized carbons (Fsp3) is 0.500. The molecule has 0 aliphatic carbocycles. The van der Waals surface area contributed by atoms with Crippen LogP contribution >= 0.6 is 0 Å². The second-order valence-corrected chi connectivity index (χ2v) is 6.71. The van der Waals surface area contributed by atoms with Gasteiger partial charge in [-0.25, -0.2) is 4.39 Å². The lowest BCUT2D eigenvalue weighted by atomic mass is 9.97. The molecule has 0 saturated heterocycles. The fourth-order valence-electron chi connectivity index (χ4n) is 3.04. The minimum atomic E-state index is -0.278. The summed E-state index contributed by atoms with van der Waals surface area (Å²) in [6.45, 7) is 5.74. The molecule has 2 aromatic rings. The maximum Gasteiger partial charge on any atom is 0.230 e. The van der Waals surface area contributed by atoms with Crippen molar-refractivity contribution in [3.05, 3.63) is 35.9 Å². The predicted molar refractivity (Wildman–Crippen MR) is 89.9 cm³/mol. The second-order valence-electron chi connectivity index (χ2n) is 6.71. The first-order valence-corrected chi connectivity index (χ1v) is 8.53. The minimum absolute atomic E-state index is 0.0228. The van der Waals surface area contributed by atoms with Crippen molar-refractivity contribution in [2.24, 2.45) is 5.92 Å². The highest BCUT2D eigenvalue weighted by atomic mass is 19.1. The van der Waals surface area contributed by atoms with Crippen molar-refractivity contribution in [1.82, 2.24) is 20.1 Å². The molecule has 0 fully saturated rings. The van der Waals surface area contributed by atoms with E-state index in [0.29, 0.717) is 24.1 Å². The Morgan fingerprint density at radius 2 is 2.08 bits per heavy atom. The molecule has 2 heterocycles. The van der Waals surface area contributed by atoms with Crippen molar-refractivity contribution in [1.29, 1.82) is 0 Å². The summed E-state index contributed by atoms with van der Waals surface area (Å²) in [5.74, 6) is 1.46. The molecule has 0 saturated carbocycles. The molecule has 3 rings (SSSR count). The van der Waals surface area contributed by atoms with Gasteiger partial charge in [0.1, 0.15) is 11.6 Å². The van der Waals surface area contributed by atoms with E-state index in [-0.39, 0.29) is 17.6 Å². The number of carbonyl (C=O) groups excluding carboxylic acids is 1. The highest BCUT2D eigenvalue weighted by Gasteiger charge is 2.30. The molecule has 1 N–H and O–H groups in total. The maximum absolute atomic E-state index is 13.1. The number of hydrogen-bond acceptors (Lipinski definition) is 3. The average Bonchev–Trinajstić information content (AvgIpc) is 2.99. The van der Waals surface area contributed by atoms with E-state index >= 15 is 0 Å². The molecule has 24 heavy (non-hydrogen) atoms. The summed E-state index contributed by atoms with van der Waals surface area (Å²) in [6.07, 6.45) is 2.66. The fourth-order valence-corrected chi connectivity index (χ4v) is 3.04. The van der Waals surface area contributed by atoms with E-state index in [1.807, 2.05) is 4.57 Å². The van der Waals surface area contributed by atoms with Gasteiger partial charge in [0, 0.05) is 18.7 Å². The summed E-state index contributed by atoms with van der Waals surface area (Å²) >= 11 is 0. The molecule has 5 nitrogen and oxygen atoms in total. The molecule has 1 aliphatic rings. The van der Waals surface area contributed by atoms with Gasteiger partial charge in [-0.3, -0.25) is 4.79 Å². The van der Waals surface area contributed by atoms with Crippen LogP contribution in [0.25, 0.3) is 11.4 Å². The number of benzene rings is 1. The zero-order valence-corrected chi connectivity index (χ0v) is 14.1. The Kier molecular flexibility index (Phi) is 4.92. The molecular weight excluding hydrogens is 307 g/mol. The molecule has 0 bridgehead atoms. The van der Waals surface area contributed by atoms with Gasteiger partial charge >= 0.3 is 0 Å². The molecule has 1 aliphatic heterocycles. The van der Waals surface area contributed by atoms with Gasteiger partial charge in [-0.05, 0) is 49.4 Å². The van der Waals surface area contributed by atoms with Gasteiger partial charge in [0.25, 0.3) is 0 Å². The third kappa shape index (κ3) is 3.47. The lowest BCUT2D eigenvalue weighted by Crippen LogP contribution is -2.34. The van der Waals surface area contributed by atoms with E-state index in [0.717, 1.165) is 31.4 Å². The van der Waals surface area contributed by atoms with E-state index in [9.17, 15) is 9.18 Å². The molecular formula is C18H23FN4O. The Labute approximate surface area is 141 Å². The van der Waals surface area contributed by atoms with Crippen LogP contribution in [0.3, 0.4) is 0 Å². The smallest absolute Gasteiger partial charge is 0.230 e. The van der Waals surface area contributed by atoms with Crippen molar-refractivity contribution >= 4 is 5.91 Å². The van der Waals surface area contributed by atoms with Gasteiger partial charge in [0.15, 0.2) is 5.82 Å². The van der Waals surface area contributed by atoms with Crippen molar-refractivity contribution in [3.63, 3.8) is 0 Å². The SMILES string of the molecule is CC(C)CCNC(=O)C1CCCn2c(-c3ccc(F)cc3)nnc21. The Hall–Kier alpha value is -2.24. The monoisotopic (exact) mass is 330 g/mol. The number of rotatable bonds is 5. The first-order chi connectivity index (χ1) is 11.6. The van der Waals surface area contributed by atoms with Gasteiger partial charge in [-0.1, -0.05) is 13.8 Å². The topological polar surface area (TPSA) is 59.8 Å². The van der Waals surface area contributed by atoms with Crippen LogP contribution in [0, 0.1) is 11.7 Å². The molecule has 1 amide bonds. The van der Waals surface area contributed by atoms with Crippen molar-refractivity contribution in [2.45, 2.75) is 45.6 Å². The Morgan fingerprint density at radius 3 is 2.79 bits per heavy atom. The van der Waals surface area contributed by atoms with Crippen LogP contribution in [-0.4, -0.2) is 27.2 Å². The lowest BCUT2D eigenvalue weighted by molar-refractivity contribution is -0.123. The van der Waals surface area contributed by atoms with E-state index in [1.54, 1.807) is 12.1 Å². The standard InChI is InChI=1S/C18H23FN4O/c1-12(2)9-10-20-18(24)15-4-3-11-23-16(21-22-17(15)23)13-5-7-14(19)8-6-13/h5-8,12,15H,3-4,9-11H2,1-2H3,(H,20,24). The third-order valence-corrected chi connectivity index (χ3v) is 4.41. The highest BCUT2D eigenvalue weighted by molar-refractivity contribution is 5.83. The zero-order valence-electron chi connectivity index (χ0n) is 14.1. The van der Waals surface area contributed by atoms with E-state index in [1.165, 1.54) is 12.1 Å². The number of nitrogens with zero attached hydrogens (tertiary/aromatic N) is 3. The Balaban J connectivity index is 1.79. The van der Waals surface area contributed by atoms with Gasteiger partial charge in [-0.2, -0.15) is 0 Å². The van der Waals surface area contributed by atoms with Crippen LogP contribution in [0.1, 0.15) is 44.9 Å². The normalized spacial score (nSPS) is 16.9. The first-order valence-electron chi connectivity index (χ1n) is 8.53. The van der Waals surface area contributed by atoms with Crippen LogP contribution in [0.15, 0.2) is 24.3 Å². The summed E-state index contributed by atoms with van der Waals surface area (Å²) < 4.78 is 15.1. The lowest BCUT2D eigenvalue weighted by Gasteiger charge is -2.23. The number of hydrogen-bond donors (Lipinski definition) is 1. The van der Waals surface area contributed by atoms with Crippen LogP contribution < -0.4 is 5.32 Å². The average molecular weight is 330 g/mol. The third-order valence-electron chi connectivity index (χ3n) is 4.41. The molecule has 1 aromatic carbocycles. The Bertz CT molecular complexity index is 708.